The minimum Gasteiger partial charge on any atom is -0.465 e. The monoisotopic (exact) mass is 184 g/mol. The van der Waals surface area contributed by atoms with E-state index in [1.54, 1.807) is 0 Å². The fraction of sp³-hybridized carbons (Fsp3) is 0.889. The minimum atomic E-state index is -0.878. The normalized spacial score (nSPS) is 38.3. The van der Waals surface area contributed by atoms with E-state index in [0.29, 0.717) is 5.92 Å². The molecule has 1 aliphatic carbocycles. The van der Waals surface area contributed by atoms with E-state index in [4.69, 9.17) is 5.11 Å². The van der Waals surface area contributed by atoms with Crippen LogP contribution in [0, 0.1) is 11.8 Å². The first-order valence-electron chi connectivity index (χ1n) is 4.96. The summed E-state index contributed by atoms with van der Waals surface area (Å²) in [6.07, 6.45) is 2.39. The van der Waals surface area contributed by atoms with Crippen LogP contribution in [-0.2, 0) is 0 Å². The molecule has 0 aromatic rings. The molecule has 0 aromatic carbocycles. The van der Waals surface area contributed by atoms with Crippen LogP contribution < -0.4 is 10.6 Å². The molecule has 0 aromatic heterocycles. The van der Waals surface area contributed by atoms with Gasteiger partial charge in [-0.25, -0.2) is 4.79 Å². The minimum absolute atomic E-state index is 0.201. The lowest BCUT2D eigenvalue weighted by atomic mass is 9.90. The van der Waals surface area contributed by atoms with Crippen molar-refractivity contribution < 1.29 is 9.90 Å². The van der Waals surface area contributed by atoms with Gasteiger partial charge < -0.3 is 15.7 Å². The molecule has 1 heterocycles. The zero-order chi connectivity index (χ0) is 9.26. The molecule has 2 fully saturated rings. The lowest BCUT2D eigenvalue weighted by Gasteiger charge is -2.25. The van der Waals surface area contributed by atoms with Crippen molar-refractivity contribution >= 4 is 6.09 Å². The molecule has 1 amide bonds. The Bertz CT molecular complexity index is 194. The van der Waals surface area contributed by atoms with Gasteiger partial charge in [-0.15, -0.1) is 0 Å². The van der Waals surface area contributed by atoms with Crippen molar-refractivity contribution in [2.75, 3.05) is 13.1 Å². The first-order chi connectivity index (χ1) is 6.25. The van der Waals surface area contributed by atoms with E-state index < -0.39 is 6.09 Å². The number of hydrogen-bond donors (Lipinski definition) is 3. The van der Waals surface area contributed by atoms with Crippen LogP contribution in [0.1, 0.15) is 19.3 Å². The van der Waals surface area contributed by atoms with Gasteiger partial charge in [0.15, 0.2) is 0 Å². The first kappa shape index (κ1) is 8.81. The average molecular weight is 184 g/mol. The second kappa shape index (κ2) is 3.54. The van der Waals surface area contributed by atoms with E-state index in [0.717, 1.165) is 31.8 Å². The third-order valence-corrected chi connectivity index (χ3v) is 3.27. The Balaban J connectivity index is 1.87. The summed E-state index contributed by atoms with van der Waals surface area (Å²) in [5, 5.41) is 14.5. The Kier molecular flexibility index (Phi) is 2.40. The lowest BCUT2D eigenvalue weighted by molar-refractivity contribution is 0.189. The smallest absolute Gasteiger partial charge is 0.404 e. The summed E-state index contributed by atoms with van der Waals surface area (Å²) in [7, 11) is 0. The van der Waals surface area contributed by atoms with E-state index in [-0.39, 0.29) is 6.04 Å². The van der Waals surface area contributed by atoms with Crippen LogP contribution in [0.3, 0.4) is 0 Å². The van der Waals surface area contributed by atoms with Crippen molar-refractivity contribution in [3.8, 4) is 0 Å². The van der Waals surface area contributed by atoms with Crippen LogP contribution in [0.2, 0.25) is 0 Å². The summed E-state index contributed by atoms with van der Waals surface area (Å²) in [6.45, 7) is 2.17. The topological polar surface area (TPSA) is 61.4 Å². The molecule has 4 nitrogen and oxygen atoms in total. The standard InChI is InChI=1S/C9H16N2O2/c12-9(13)11-8-3-6-1-2-10-5-7(6)4-8/h6-8,10-11H,1-5H2,(H,12,13). The Morgan fingerprint density at radius 1 is 1.38 bits per heavy atom. The van der Waals surface area contributed by atoms with Crippen molar-refractivity contribution in [1.29, 1.82) is 0 Å². The van der Waals surface area contributed by atoms with Crippen molar-refractivity contribution in [2.45, 2.75) is 25.3 Å². The molecule has 2 rings (SSSR count). The summed E-state index contributed by atoms with van der Waals surface area (Å²) in [6, 6.07) is 0.201. The fourth-order valence-corrected chi connectivity index (χ4v) is 2.68. The van der Waals surface area contributed by atoms with Gasteiger partial charge in [0, 0.05) is 6.04 Å². The van der Waals surface area contributed by atoms with E-state index in [2.05, 4.69) is 10.6 Å². The van der Waals surface area contributed by atoms with Crippen molar-refractivity contribution in [3.05, 3.63) is 0 Å². The molecular formula is C9H16N2O2. The number of fused-ring (bicyclic) bond motifs is 1. The number of amides is 1. The van der Waals surface area contributed by atoms with Gasteiger partial charge in [0.05, 0.1) is 0 Å². The number of hydrogen-bond acceptors (Lipinski definition) is 2. The van der Waals surface area contributed by atoms with E-state index in [9.17, 15) is 4.79 Å². The van der Waals surface area contributed by atoms with Crippen molar-refractivity contribution in [3.63, 3.8) is 0 Å². The van der Waals surface area contributed by atoms with E-state index in [1.807, 2.05) is 0 Å². The molecule has 3 atom stereocenters. The summed E-state index contributed by atoms with van der Waals surface area (Å²) in [5.41, 5.74) is 0. The summed E-state index contributed by atoms with van der Waals surface area (Å²) >= 11 is 0. The van der Waals surface area contributed by atoms with Crippen LogP contribution in [0.5, 0.6) is 0 Å². The van der Waals surface area contributed by atoms with Gasteiger partial charge >= 0.3 is 6.09 Å². The third-order valence-electron chi connectivity index (χ3n) is 3.27. The fourth-order valence-electron chi connectivity index (χ4n) is 2.68. The molecule has 1 saturated heterocycles. The molecule has 74 valence electrons. The summed E-state index contributed by atoms with van der Waals surface area (Å²) in [4.78, 5) is 10.4. The van der Waals surface area contributed by atoms with Gasteiger partial charge in [-0.3, -0.25) is 0 Å². The highest BCUT2D eigenvalue weighted by atomic mass is 16.4. The largest absolute Gasteiger partial charge is 0.465 e. The Hall–Kier alpha value is -0.770. The van der Waals surface area contributed by atoms with Crippen LogP contribution in [0.15, 0.2) is 0 Å². The predicted octanol–water partition coefficient (Wildman–Crippen LogP) is 0.642. The highest BCUT2D eigenvalue weighted by Gasteiger charge is 2.35. The van der Waals surface area contributed by atoms with Gasteiger partial charge in [-0.1, -0.05) is 0 Å². The predicted molar refractivity (Wildman–Crippen MR) is 48.6 cm³/mol. The second-order valence-electron chi connectivity index (χ2n) is 4.13. The molecule has 1 aliphatic heterocycles. The first-order valence-corrected chi connectivity index (χ1v) is 4.96. The maximum absolute atomic E-state index is 10.4. The van der Waals surface area contributed by atoms with Gasteiger partial charge in [0.25, 0.3) is 0 Å². The number of carbonyl (C=O) groups is 1. The Labute approximate surface area is 77.7 Å². The molecule has 3 unspecified atom stereocenters. The lowest BCUT2D eigenvalue weighted by Crippen LogP contribution is -2.33. The average Bonchev–Trinajstić information content (AvgIpc) is 2.44. The quantitative estimate of drug-likeness (QED) is 0.560. The van der Waals surface area contributed by atoms with Crippen LogP contribution in [0.25, 0.3) is 0 Å². The zero-order valence-electron chi connectivity index (χ0n) is 7.62. The highest BCUT2D eigenvalue weighted by molar-refractivity contribution is 5.64. The number of rotatable bonds is 1. The maximum Gasteiger partial charge on any atom is 0.404 e. The van der Waals surface area contributed by atoms with Crippen LogP contribution in [0.4, 0.5) is 4.79 Å². The highest BCUT2D eigenvalue weighted by Crippen LogP contribution is 2.35. The molecule has 1 saturated carbocycles. The SMILES string of the molecule is O=C(O)NC1CC2CCNCC2C1. The molecule has 3 N–H and O–H groups in total. The van der Waals surface area contributed by atoms with E-state index in [1.165, 1.54) is 6.42 Å². The third kappa shape index (κ3) is 1.94. The van der Waals surface area contributed by atoms with Gasteiger partial charge in [-0.05, 0) is 44.2 Å². The molecule has 2 aliphatic rings. The van der Waals surface area contributed by atoms with Gasteiger partial charge in [-0.2, -0.15) is 0 Å². The molecule has 0 radical (unpaired) electrons. The van der Waals surface area contributed by atoms with Crippen molar-refractivity contribution in [2.24, 2.45) is 11.8 Å². The summed E-state index contributed by atoms with van der Waals surface area (Å²) in [5.74, 6) is 1.45. The molecule has 0 bridgehead atoms. The van der Waals surface area contributed by atoms with Crippen molar-refractivity contribution in [1.82, 2.24) is 10.6 Å². The second-order valence-corrected chi connectivity index (χ2v) is 4.13. The summed E-state index contributed by atoms with van der Waals surface area (Å²) < 4.78 is 0. The number of piperidine rings is 1. The van der Waals surface area contributed by atoms with Crippen LogP contribution >= 0.6 is 0 Å². The van der Waals surface area contributed by atoms with Gasteiger partial charge in [0.1, 0.15) is 0 Å². The maximum atomic E-state index is 10.4. The zero-order valence-corrected chi connectivity index (χ0v) is 7.62. The van der Waals surface area contributed by atoms with E-state index >= 15 is 0 Å². The molecule has 4 heteroatoms. The molecule has 0 spiro atoms. The number of nitrogens with one attached hydrogen (secondary N) is 2. The molecular weight excluding hydrogens is 168 g/mol. The van der Waals surface area contributed by atoms with Gasteiger partial charge in [0.2, 0.25) is 0 Å². The Morgan fingerprint density at radius 3 is 2.85 bits per heavy atom. The number of carboxylic acid groups (broad SMARTS) is 1. The molecule has 13 heavy (non-hydrogen) atoms. The van der Waals surface area contributed by atoms with Crippen LogP contribution in [-0.4, -0.2) is 30.3 Å². The Morgan fingerprint density at radius 2 is 2.15 bits per heavy atom.